The van der Waals surface area contributed by atoms with E-state index in [4.69, 9.17) is 4.74 Å². The monoisotopic (exact) mass is 257 g/mol. The number of hydrogen-bond acceptors (Lipinski definition) is 4. The van der Waals surface area contributed by atoms with Crippen LogP contribution in [0.15, 0.2) is 24.3 Å². The van der Waals surface area contributed by atoms with E-state index in [1.165, 1.54) is 0 Å². The first-order chi connectivity index (χ1) is 7.72. The molecule has 0 fully saturated rings. The molecule has 16 heavy (non-hydrogen) atoms. The molecule has 3 nitrogen and oxygen atoms in total. The molecule has 0 saturated heterocycles. The zero-order chi connectivity index (χ0) is 12.0. The molecule has 0 saturated carbocycles. The number of ether oxygens (including phenoxy) is 1. The highest BCUT2D eigenvalue weighted by Gasteiger charge is 2.15. The van der Waals surface area contributed by atoms with Crippen molar-refractivity contribution in [1.82, 2.24) is 5.32 Å². The van der Waals surface area contributed by atoms with Crippen molar-refractivity contribution in [2.75, 3.05) is 19.6 Å². The highest BCUT2D eigenvalue weighted by Crippen LogP contribution is 2.40. The Morgan fingerprint density at radius 2 is 1.94 bits per heavy atom. The quantitative estimate of drug-likeness (QED) is 0.841. The zero-order valence-electron chi connectivity index (χ0n) is 9.52. The minimum atomic E-state index is -0.437. The van der Waals surface area contributed by atoms with Crippen molar-refractivity contribution < 1.29 is 9.53 Å². The Bertz CT molecular complexity index is 354. The fourth-order valence-corrected chi connectivity index (χ4v) is 2.94. The van der Waals surface area contributed by atoms with Crippen LogP contribution in [0.5, 0.6) is 5.75 Å². The lowest BCUT2D eigenvalue weighted by atomic mass is 10.2. The van der Waals surface area contributed by atoms with Gasteiger partial charge in [-0.1, -0.05) is 18.2 Å². The standard InChI is InChI=1S/C11H15NO2S2/c1-12-11(13)14-9-7-5-4-6-8(9)10(15-2)16-3/h4-7,10H,1-3H3,(H,12,13). The Kier molecular flexibility index (Phi) is 5.55. The van der Waals surface area contributed by atoms with Crippen LogP contribution in [0.2, 0.25) is 0 Å². The van der Waals surface area contributed by atoms with Gasteiger partial charge < -0.3 is 10.1 Å². The smallest absolute Gasteiger partial charge is 0.410 e. The van der Waals surface area contributed by atoms with Gasteiger partial charge in [-0.15, -0.1) is 23.5 Å². The second kappa shape index (κ2) is 6.70. The lowest BCUT2D eigenvalue weighted by molar-refractivity contribution is 0.202. The van der Waals surface area contributed by atoms with E-state index >= 15 is 0 Å². The largest absolute Gasteiger partial charge is 0.412 e. The molecule has 1 rings (SSSR count). The number of para-hydroxylation sites is 1. The van der Waals surface area contributed by atoms with Crippen LogP contribution in [0.3, 0.4) is 0 Å². The van der Waals surface area contributed by atoms with E-state index in [-0.39, 0.29) is 4.58 Å². The molecule has 1 aromatic rings. The molecule has 5 heteroatoms. The summed E-state index contributed by atoms with van der Waals surface area (Å²) in [6, 6.07) is 7.60. The van der Waals surface area contributed by atoms with E-state index in [1.54, 1.807) is 30.6 Å². The molecular weight excluding hydrogens is 242 g/mol. The summed E-state index contributed by atoms with van der Waals surface area (Å²) in [6.07, 6.45) is 3.64. The number of nitrogens with one attached hydrogen (secondary N) is 1. The summed E-state index contributed by atoms with van der Waals surface area (Å²) < 4.78 is 5.48. The van der Waals surface area contributed by atoms with Crippen LogP contribution in [-0.2, 0) is 0 Å². The summed E-state index contributed by atoms with van der Waals surface area (Å²) in [6.45, 7) is 0. The molecule has 1 amide bonds. The van der Waals surface area contributed by atoms with Gasteiger partial charge in [0.1, 0.15) is 5.75 Å². The molecule has 0 bridgehead atoms. The van der Waals surface area contributed by atoms with E-state index in [0.717, 1.165) is 5.56 Å². The Hall–Kier alpha value is -0.810. The van der Waals surface area contributed by atoms with Crippen LogP contribution in [0.1, 0.15) is 10.1 Å². The average molecular weight is 257 g/mol. The number of carbonyl (C=O) groups is 1. The first-order valence-electron chi connectivity index (χ1n) is 4.77. The minimum absolute atomic E-state index is 0.279. The van der Waals surface area contributed by atoms with Gasteiger partial charge in [0, 0.05) is 12.6 Å². The molecule has 1 aromatic carbocycles. The second-order valence-electron chi connectivity index (χ2n) is 2.98. The topological polar surface area (TPSA) is 38.3 Å². The molecule has 0 aromatic heterocycles. The molecule has 0 aliphatic rings. The highest BCUT2D eigenvalue weighted by molar-refractivity contribution is 8.15. The third-order valence-electron chi connectivity index (χ3n) is 2.01. The first-order valence-corrected chi connectivity index (χ1v) is 7.34. The third kappa shape index (κ3) is 3.35. The minimum Gasteiger partial charge on any atom is -0.410 e. The molecule has 88 valence electrons. The highest BCUT2D eigenvalue weighted by atomic mass is 32.2. The maximum Gasteiger partial charge on any atom is 0.412 e. The molecule has 0 atom stereocenters. The van der Waals surface area contributed by atoms with Gasteiger partial charge in [-0.05, 0) is 18.6 Å². The molecular formula is C11H15NO2S2. The molecule has 0 aliphatic heterocycles. The van der Waals surface area contributed by atoms with Gasteiger partial charge in [0.15, 0.2) is 0 Å². The number of carbonyl (C=O) groups excluding carboxylic acids is 1. The van der Waals surface area contributed by atoms with Crippen molar-refractivity contribution in [3.63, 3.8) is 0 Å². The number of benzene rings is 1. The van der Waals surface area contributed by atoms with Gasteiger partial charge in [0.2, 0.25) is 0 Å². The number of rotatable bonds is 4. The maximum absolute atomic E-state index is 11.2. The second-order valence-corrected chi connectivity index (χ2v) is 5.16. The predicted octanol–water partition coefficient (Wildman–Crippen LogP) is 3.13. The van der Waals surface area contributed by atoms with Gasteiger partial charge in [-0.25, -0.2) is 4.79 Å². The van der Waals surface area contributed by atoms with Gasteiger partial charge in [-0.2, -0.15) is 0 Å². The van der Waals surface area contributed by atoms with Crippen molar-refractivity contribution in [2.24, 2.45) is 0 Å². The van der Waals surface area contributed by atoms with E-state index in [0.29, 0.717) is 5.75 Å². The number of thioether (sulfide) groups is 2. The Morgan fingerprint density at radius 3 is 2.50 bits per heavy atom. The lowest BCUT2D eigenvalue weighted by Crippen LogP contribution is -2.22. The third-order valence-corrected chi connectivity index (χ3v) is 4.53. The van der Waals surface area contributed by atoms with E-state index in [1.807, 2.05) is 36.8 Å². The normalized spacial score (nSPS) is 10.2. The van der Waals surface area contributed by atoms with Crippen molar-refractivity contribution in [3.05, 3.63) is 29.8 Å². The van der Waals surface area contributed by atoms with E-state index < -0.39 is 6.09 Å². The van der Waals surface area contributed by atoms with Crippen LogP contribution < -0.4 is 10.1 Å². The lowest BCUT2D eigenvalue weighted by Gasteiger charge is -2.15. The van der Waals surface area contributed by atoms with Gasteiger partial charge >= 0.3 is 6.09 Å². The fraction of sp³-hybridized carbons (Fsp3) is 0.364. The van der Waals surface area contributed by atoms with Crippen molar-refractivity contribution in [3.8, 4) is 5.75 Å². The SMILES string of the molecule is CNC(=O)Oc1ccccc1C(SC)SC. The summed E-state index contributed by atoms with van der Waals surface area (Å²) in [4.78, 5) is 11.2. The van der Waals surface area contributed by atoms with E-state index in [9.17, 15) is 4.79 Å². The summed E-state index contributed by atoms with van der Waals surface area (Å²) in [7, 11) is 1.55. The van der Waals surface area contributed by atoms with Crippen LogP contribution in [0, 0.1) is 0 Å². The molecule has 0 radical (unpaired) electrons. The van der Waals surface area contributed by atoms with Gasteiger partial charge in [0.05, 0.1) is 4.58 Å². The summed E-state index contributed by atoms with van der Waals surface area (Å²) in [5, 5.41) is 2.44. The Labute approximate surface area is 104 Å². The molecule has 0 unspecified atom stereocenters. The Balaban J connectivity index is 2.94. The zero-order valence-corrected chi connectivity index (χ0v) is 11.2. The maximum atomic E-state index is 11.2. The number of hydrogen-bond donors (Lipinski definition) is 1. The van der Waals surface area contributed by atoms with Crippen LogP contribution >= 0.6 is 23.5 Å². The van der Waals surface area contributed by atoms with Crippen molar-refractivity contribution >= 4 is 29.6 Å². The van der Waals surface area contributed by atoms with Crippen LogP contribution in [-0.4, -0.2) is 25.7 Å². The fourth-order valence-electron chi connectivity index (χ4n) is 1.27. The van der Waals surface area contributed by atoms with Crippen molar-refractivity contribution in [2.45, 2.75) is 4.58 Å². The molecule has 0 heterocycles. The van der Waals surface area contributed by atoms with Gasteiger partial charge in [-0.3, -0.25) is 0 Å². The van der Waals surface area contributed by atoms with Crippen LogP contribution in [0.4, 0.5) is 4.79 Å². The molecule has 0 spiro atoms. The molecule has 0 aliphatic carbocycles. The molecule has 1 N–H and O–H groups in total. The van der Waals surface area contributed by atoms with Crippen LogP contribution in [0.25, 0.3) is 0 Å². The summed E-state index contributed by atoms with van der Waals surface area (Å²) >= 11 is 3.45. The summed E-state index contributed by atoms with van der Waals surface area (Å²) in [5.74, 6) is 0.621. The van der Waals surface area contributed by atoms with E-state index in [2.05, 4.69) is 5.32 Å². The van der Waals surface area contributed by atoms with Gasteiger partial charge in [0.25, 0.3) is 0 Å². The van der Waals surface area contributed by atoms with Crippen molar-refractivity contribution in [1.29, 1.82) is 0 Å². The summed E-state index contributed by atoms with van der Waals surface area (Å²) in [5.41, 5.74) is 1.03. The predicted molar refractivity (Wildman–Crippen MR) is 71.3 cm³/mol. The average Bonchev–Trinajstić information content (AvgIpc) is 2.32. The number of amides is 1. The Morgan fingerprint density at radius 1 is 1.31 bits per heavy atom. The first kappa shape index (κ1) is 13.3.